The number of nitrogens with zero attached hydrogens (tertiary/aromatic N) is 1. The first kappa shape index (κ1) is 18.2. The zero-order valence-electron chi connectivity index (χ0n) is 15.1. The molecule has 2 heterocycles. The molecule has 2 atom stereocenters. The molecule has 0 saturated carbocycles. The van der Waals surface area contributed by atoms with Gasteiger partial charge in [0.15, 0.2) is 0 Å². The van der Waals surface area contributed by atoms with E-state index < -0.39 is 10.0 Å². The van der Waals surface area contributed by atoms with Crippen LogP contribution < -0.4 is 5.32 Å². The molecular formula is C21H24N2O3S. The fourth-order valence-electron chi connectivity index (χ4n) is 4.42. The van der Waals surface area contributed by atoms with Crippen LogP contribution in [0.2, 0.25) is 0 Å². The zero-order chi connectivity index (χ0) is 18.9. The van der Waals surface area contributed by atoms with Crippen molar-refractivity contribution >= 4 is 15.9 Å². The molecule has 0 aliphatic carbocycles. The highest BCUT2D eigenvalue weighted by Crippen LogP contribution is 2.38. The summed E-state index contributed by atoms with van der Waals surface area (Å²) in [6, 6.07) is 17.7. The Hall–Kier alpha value is -2.18. The molecule has 2 aromatic carbocycles. The van der Waals surface area contributed by atoms with E-state index in [9.17, 15) is 13.2 Å². The number of carbonyl (C=O) groups excluding carboxylic acids is 1. The van der Waals surface area contributed by atoms with E-state index in [4.69, 9.17) is 0 Å². The standard InChI is InChI=1S/C21H24N2O3S/c24-21(16-8-3-1-4-9-16)22-17-14-18-10-7-11-19(15-17)23(18)27(25,26)20-12-5-2-6-13-20/h1-6,8-9,12-13,17-19H,7,10-11,14-15H2,(H,22,24)/t18-,19-/m1/s1. The van der Waals surface area contributed by atoms with E-state index in [-0.39, 0.29) is 24.0 Å². The normalized spacial score (nSPS) is 25.7. The minimum Gasteiger partial charge on any atom is -0.349 e. The van der Waals surface area contributed by atoms with E-state index in [1.54, 1.807) is 40.7 Å². The topological polar surface area (TPSA) is 66.5 Å². The van der Waals surface area contributed by atoms with Crippen LogP contribution in [0.25, 0.3) is 0 Å². The molecule has 2 aliphatic rings. The minimum absolute atomic E-state index is 0.00947. The highest BCUT2D eigenvalue weighted by Gasteiger charge is 2.45. The van der Waals surface area contributed by atoms with Crippen molar-refractivity contribution in [2.75, 3.05) is 0 Å². The maximum atomic E-state index is 13.2. The van der Waals surface area contributed by atoms with Crippen LogP contribution in [0.1, 0.15) is 42.5 Å². The Kier molecular flexibility index (Phi) is 5.02. The van der Waals surface area contributed by atoms with Crippen molar-refractivity contribution in [1.82, 2.24) is 9.62 Å². The summed E-state index contributed by atoms with van der Waals surface area (Å²) >= 11 is 0. The third-order valence-corrected chi connectivity index (χ3v) is 7.62. The lowest BCUT2D eigenvalue weighted by Gasteiger charge is -2.47. The van der Waals surface area contributed by atoms with Crippen molar-refractivity contribution in [1.29, 1.82) is 0 Å². The second-order valence-electron chi connectivity index (χ2n) is 7.39. The molecule has 2 saturated heterocycles. The van der Waals surface area contributed by atoms with Gasteiger partial charge in [0.1, 0.15) is 0 Å². The van der Waals surface area contributed by atoms with Crippen LogP contribution in [0, 0.1) is 0 Å². The number of piperidine rings is 2. The lowest BCUT2D eigenvalue weighted by molar-refractivity contribution is 0.0796. The van der Waals surface area contributed by atoms with E-state index in [0.717, 1.165) is 19.3 Å². The number of hydrogen-bond donors (Lipinski definition) is 1. The molecule has 5 nitrogen and oxygen atoms in total. The third kappa shape index (κ3) is 3.64. The molecule has 0 spiro atoms. The molecule has 2 aliphatic heterocycles. The molecule has 27 heavy (non-hydrogen) atoms. The second-order valence-corrected chi connectivity index (χ2v) is 9.24. The quantitative estimate of drug-likeness (QED) is 0.880. The van der Waals surface area contributed by atoms with Crippen molar-refractivity contribution in [3.8, 4) is 0 Å². The van der Waals surface area contributed by atoms with Crippen molar-refractivity contribution < 1.29 is 13.2 Å². The first-order valence-corrected chi connectivity index (χ1v) is 10.9. The number of fused-ring (bicyclic) bond motifs is 2. The van der Waals surface area contributed by atoms with E-state index in [1.807, 2.05) is 24.3 Å². The lowest BCUT2D eigenvalue weighted by atomic mass is 9.84. The molecule has 1 amide bonds. The summed E-state index contributed by atoms with van der Waals surface area (Å²) in [6.45, 7) is 0. The lowest BCUT2D eigenvalue weighted by Crippen LogP contribution is -2.58. The number of hydrogen-bond acceptors (Lipinski definition) is 3. The van der Waals surface area contributed by atoms with Gasteiger partial charge in [-0.25, -0.2) is 8.42 Å². The highest BCUT2D eigenvalue weighted by atomic mass is 32.2. The molecule has 6 heteroatoms. The molecule has 2 fully saturated rings. The number of carbonyl (C=O) groups is 1. The maximum Gasteiger partial charge on any atom is 0.251 e. The Morgan fingerprint density at radius 2 is 1.44 bits per heavy atom. The third-order valence-electron chi connectivity index (χ3n) is 5.60. The van der Waals surface area contributed by atoms with Crippen LogP contribution in [0.4, 0.5) is 0 Å². The summed E-state index contributed by atoms with van der Waals surface area (Å²) < 4.78 is 28.1. The summed E-state index contributed by atoms with van der Waals surface area (Å²) in [7, 11) is -3.50. The number of sulfonamides is 1. The number of benzene rings is 2. The average molecular weight is 385 g/mol. The van der Waals surface area contributed by atoms with Crippen LogP contribution in [-0.2, 0) is 10.0 Å². The molecule has 0 unspecified atom stereocenters. The number of nitrogens with one attached hydrogen (secondary N) is 1. The monoisotopic (exact) mass is 384 g/mol. The Labute approximate surface area is 160 Å². The molecule has 0 radical (unpaired) electrons. The fraction of sp³-hybridized carbons (Fsp3) is 0.381. The first-order valence-electron chi connectivity index (χ1n) is 9.50. The number of amides is 1. The molecular weight excluding hydrogens is 360 g/mol. The van der Waals surface area contributed by atoms with Gasteiger partial charge in [-0.1, -0.05) is 42.8 Å². The summed E-state index contributed by atoms with van der Waals surface area (Å²) in [5, 5.41) is 3.12. The summed E-state index contributed by atoms with van der Waals surface area (Å²) in [4.78, 5) is 12.8. The first-order chi connectivity index (χ1) is 13.1. The molecule has 142 valence electrons. The molecule has 1 N–H and O–H groups in total. The predicted molar refractivity (Wildman–Crippen MR) is 104 cm³/mol. The van der Waals surface area contributed by atoms with Gasteiger partial charge in [-0.05, 0) is 49.9 Å². The summed E-state index contributed by atoms with van der Waals surface area (Å²) in [5.74, 6) is -0.0851. The van der Waals surface area contributed by atoms with Gasteiger partial charge >= 0.3 is 0 Å². The Morgan fingerprint density at radius 1 is 0.889 bits per heavy atom. The van der Waals surface area contributed by atoms with Gasteiger partial charge in [-0.3, -0.25) is 4.79 Å². The van der Waals surface area contributed by atoms with Crippen LogP contribution in [0.3, 0.4) is 0 Å². The van der Waals surface area contributed by atoms with Crippen molar-refractivity contribution in [2.24, 2.45) is 0 Å². The second kappa shape index (κ2) is 7.44. The fourth-order valence-corrected chi connectivity index (χ4v) is 6.33. The van der Waals surface area contributed by atoms with E-state index in [2.05, 4.69) is 5.32 Å². The molecule has 2 aromatic rings. The zero-order valence-corrected chi connectivity index (χ0v) is 15.9. The predicted octanol–water partition coefficient (Wildman–Crippen LogP) is 3.19. The summed E-state index contributed by atoms with van der Waals surface area (Å²) in [6.07, 6.45) is 4.07. The molecule has 2 bridgehead atoms. The van der Waals surface area contributed by atoms with Crippen molar-refractivity contribution in [2.45, 2.75) is 55.1 Å². The van der Waals surface area contributed by atoms with Gasteiger partial charge in [0, 0.05) is 23.7 Å². The van der Waals surface area contributed by atoms with Gasteiger partial charge in [0.2, 0.25) is 10.0 Å². The largest absolute Gasteiger partial charge is 0.349 e. The minimum atomic E-state index is -3.50. The summed E-state index contributed by atoms with van der Waals surface area (Å²) in [5.41, 5.74) is 0.641. The van der Waals surface area contributed by atoms with Gasteiger partial charge in [-0.2, -0.15) is 4.31 Å². The number of rotatable bonds is 4. The van der Waals surface area contributed by atoms with E-state index in [1.165, 1.54) is 0 Å². The van der Waals surface area contributed by atoms with E-state index in [0.29, 0.717) is 23.3 Å². The van der Waals surface area contributed by atoms with Crippen LogP contribution in [-0.4, -0.2) is 36.8 Å². The Balaban J connectivity index is 1.52. The Bertz CT molecular complexity index is 886. The van der Waals surface area contributed by atoms with Gasteiger partial charge < -0.3 is 5.32 Å². The van der Waals surface area contributed by atoms with Gasteiger partial charge in [0.05, 0.1) is 4.90 Å². The van der Waals surface area contributed by atoms with Gasteiger partial charge in [-0.15, -0.1) is 0 Å². The maximum absolute atomic E-state index is 13.2. The average Bonchev–Trinajstić information content (AvgIpc) is 2.68. The van der Waals surface area contributed by atoms with Crippen molar-refractivity contribution in [3.63, 3.8) is 0 Å². The van der Waals surface area contributed by atoms with Crippen LogP contribution in [0.5, 0.6) is 0 Å². The molecule has 4 rings (SSSR count). The Morgan fingerprint density at radius 3 is 2.04 bits per heavy atom. The highest BCUT2D eigenvalue weighted by molar-refractivity contribution is 7.89. The molecule has 0 aromatic heterocycles. The van der Waals surface area contributed by atoms with Gasteiger partial charge in [0.25, 0.3) is 5.91 Å². The van der Waals surface area contributed by atoms with E-state index >= 15 is 0 Å². The smallest absolute Gasteiger partial charge is 0.251 e. The SMILES string of the molecule is O=C(NC1C[C@H]2CCC[C@H](C1)N2S(=O)(=O)c1ccccc1)c1ccccc1. The van der Waals surface area contributed by atoms with Crippen LogP contribution >= 0.6 is 0 Å². The van der Waals surface area contributed by atoms with Crippen LogP contribution in [0.15, 0.2) is 65.6 Å². The van der Waals surface area contributed by atoms with Crippen molar-refractivity contribution in [3.05, 3.63) is 66.2 Å².